The van der Waals surface area contributed by atoms with Crippen LogP contribution < -0.4 is 14.2 Å². The average Bonchev–Trinajstić information content (AvgIpc) is 2.49. The molecule has 0 radical (unpaired) electrons. The van der Waals surface area contributed by atoms with Crippen molar-refractivity contribution in [3.8, 4) is 17.2 Å². The van der Waals surface area contributed by atoms with Gasteiger partial charge in [-0.1, -0.05) is 30.3 Å². The second-order valence-electron chi connectivity index (χ2n) is 4.90. The quantitative estimate of drug-likeness (QED) is 0.849. The summed E-state index contributed by atoms with van der Waals surface area (Å²) < 4.78 is 17.4. The molecule has 20 heavy (non-hydrogen) atoms. The maximum absolute atomic E-state index is 5.90. The molecule has 0 saturated heterocycles. The molecule has 1 atom stereocenters. The highest BCUT2D eigenvalue weighted by Gasteiger charge is 2.20. The molecule has 3 nitrogen and oxygen atoms in total. The van der Waals surface area contributed by atoms with Crippen LogP contribution in [0.3, 0.4) is 0 Å². The van der Waals surface area contributed by atoms with E-state index in [1.165, 1.54) is 0 Å². The van der Waals surface area contributed by atoms with Crippen LogP contribution in [0.1, 0.15) is 12.0 Å². The minimum Gasteiger partial charge on any atom is -0.493 e. The van der Waals surface area contributed by atoms with Crippen LogP contribution in [0.15, 0.2) is 48.5 Å². The molecule has 2 aromatic rings. The van der Waals surface area contributed by atoms with Crippen molar-refractivity contribution in [2.75, 3.05) is 13.2 Å². The van der Waals surface area contributed by atoms with Gasteiger partial charge in [0.2, 0.25) is 0 Å². The predicted molar refractivity (Wildman–Crippen MR) is 77.6 cm³/mol. The lowest BCUT2D eigenvalue weighted by molar-refractivity contribution is 0.0733. The Labute approximate surface area is 119 Å². The number of hydrogen-bond acceptors (Lipinski definition) is 3. The van der Waals surface area contributed by atoms with Crippen LogP contribution in [-0.2, 0) is 0 Å². The van der Waals surface area contributed by atoms with Gasteiger partial charge >= 0.3 is 0 Å². The summed E-state index contributed by atoms with van der Waals surface area (Å²) in [6.07, 6.45) is 0.858. The van der Waals surface area contributed by atoms with Gasteiger partial charge in [0.1, 0.15) is 18.5 Å². The van der Waals surface area contributed by atoms with Crippen molar-refractivity contribution in [2.24, 2.45) is 0 Å². The lowest BCUT2D eigenvalue weighted by Crippen LogP contribution is -2.30. The fourth-order valence-electron chi connectivity index (χ4n) is 2.22. The Hall–Kier alpha value is -2.16. The van der Waals surface area contributed by atoms with Crippen LogP contribution in [0.2, 0.25) is 0 Å². The first-order chi connectivity index (χ1) is 9.83. The van der Waals surface area contributed by atoms with E-state index in [2.05, 4.69) is 0 Å². The molecule has 0 N–H and O–H groups in total. The smallest absolute Gasteiger partial charge is 0.161 e. The summed E-state index contributed by atoms with van der Waals surface area (Å²) in [5, 5.41) is 0. The highest BCUT2D eigenvalue weighted by atomic mass is 16.6. The van der Waals surface area contributed by atoms with E-state index in [9.17, 15) is 0 Å². The second-order valence-corrected chi connectivity index (χ2v) is 4.90. The number of hydrogen-bond donors (Lipinski definition) is 0. The molecule has 1 unspecified atom stereocenters. The molecule has 104 valence electrons. The van der Waals surface area contributed by atoms with Gasteiger partial charge in [-0.2, -0.15) is 0 Å². The summed E-state index contributed by atoms with van der Waals surface area (Å²) in [5.41, 5.74) is 1.15. The molecule has 3 heteroatoms. The summed E-state index contributed by atoms with van der Waals surface area (Å²) in [7, 11) is 0. The predicted octanol–water partition coefficient (Wildman–Crippen LogP) is 3.60. The standard InChI is InChI=1S/C17H18O3/c1-13-6-2-3-7-15(13)18-11-10-14-12-19-16-8-4-5-9-17(16)20-14/h2-9,14H,10-12H2,1H3. The highest BCUT2D eigenvalue weighted by Crippen LogP contribution is 2.31. The average molecular weight is 270 g/mol. The zero-order chi connectivity index (χ0) is 13.8. The van der Waals surface area contributed by atoms with Gasteiger partial charge in [-0.25, -0.2) is 0 Å². The Morgan fingerprint density at radius 1 is 1.05 bits per heavy atom. The number of aryl methyl sites for hydroxylation is 1. The maximum Gasteiger partial charge on any atom is 0.161 e. The van der Waals surface area contributed by atoms with Crippen molar-refractivity contribution in [1.29, 1.82) is 0 Å². The van der Waals surface area contributed by atoms with Gasteiger partial charge in [-0.3, -0.25) is 0 Å². The molecule has 1 aliphatic heterocycles. The molecule has 3 rings (SSSR count). The van der Waals surface area contributed by atoms with Crippen LogP contribution in [-0.4, -0.2) is 19.3 Å². The zero-order valence-electron chi connectivity index (χ0n) is 11.5. The zero-order valence-corrected chi connectivity index (χ0v) is 11.5. The first-order valence-corrected chi connectivity index (χ1v) is 6.90. The minimum atomic E-state index is 0.0499. The van der Waals surface area contributed by atoms with Crippen LogP contribution in [0.25, 0.3) is 0 Å². The van der Waals surface area contributed by atoms with E-state index >= 15 is 0 Å². The van der Waals surface area contributed by atoms with E-state index in [0.717, 1.165) is 29.2 Å². The van der Waals surface area contributed by atoms with Gasteiger partial charge in [-0.15, -0.1) is 0 Å². The molecule has 0 aromatic heterocycles. The number of benzene rings is 2. The minimum absolute atomic E-state index is 0.0499. The summed E-state index contributed by atoms with van der Waals surface area (Å²) in [5.74, 6) is 2.58. The van der Waals surface area contributed by atoms with E-state index < -0.39 is 0 Å². The van der Waals surface area contributed by atoms with E-state index in [1.807, 2.05) is 55.5 Å². The van der Waals surface area contributed by atoms with Crippen LogP contribution in [0, 0.1) is 6.92 Å². The molecule has 1 heterocycles. The van der Waals surface area contributed by atoms with Gasteiger partial charge in [0.05, 0.1) is 6.61 Å². The molecule has 0 amide bonds. The van der Waals surface area contributed by atoms with Crippen molar-refractivity contribution < 1.29 is 14.2 Å². The van der Waals surface area contributed by atoms with Crippen LogP contribution in [0.5, 0.6) is 17.2 Å². The molecule has 0 bridgehead atoms. The van der Waals surface area contributed by atoms with E-state index in [-0.39, 0.29) is 6.10 Å². The van der Waals surface area contributed by atoms with E-state index in [1.54, 1.807) is 0 Å². The molecule has 0 aliphatic carbocycles. The summed E-state index contributed by atoms with van der Waals surface area (Å²) in [6, 6.07) is 15.8. The first-order valence-electron chi connectivity index (χ1n) is 6.90. The summed E-state index contributed by atoms with van der Waals surface area (Å²) in [4.78, 5) is 0. The fourth-order valence-corrected chi connectivity index (χ4v) is 2.22. The monoisotopic (exact) mass is 270 g/mol. The van der Waals surface area contributed by atoms with Crippen molar-refractivity contribution in [2.45, 2.75) is 19.4 Å². The third-order valence-electron chi connectivity index (χ3n) is 3.36. The molecule has 0 spiro atoms. The number of rotatable bonds is 4. The Morgan fingerprint density at radius 3 is 2.65 bits per heavy atom. The third-order valence-corrected chi connectivity index (χ3v) is 3.36. The molecule has 2 aromatic carbocycles. The van der Waals surface area contributed by atoms with Crippen molar-refractivity contribution in [3.05, 3.63) is 54.1 Å². The van der Waals surface area contributed by atoms with Crippen molar-refractivity contribution >= 4 is 0 Å². The molecular weight excluding hydrogens is 252 g/mol. The topological polar surface area (TPSA) is 27.7 Å². The molecule has 1 aliphatic rings. The molecule has 0 saturated carbocycles. The Kier molecular flexibility index (Phi) is 3.77. The molecule has 0 fully saturated rings. The fraction of sp³-hybridized carbons (Fsp3) is 0.294. The summed E-state index contributed by atoms with van der Waals surface area (Å²) in [6.45, 7) is 3.25. The lowest BCUT2D eigenvalue weighted by Gasteiger charge is -2.26. The number of ether oxygens (including phenoxy) is 3. The largest absolute Gasteiger partial charge is 0.493 e. The van der Waals surface area contributed by atoms with E-state index in [4.69, 9.17) is 14.2 Å². The third kappa shape index (κ3) is 2.87. The SMILES string of the molecule is Cc1ccccc1OCCC1COc2ccccc2O1. The highest BCUT2D eigenvalue weighted by molar-refractivity contribution is 5.40. The van der Waals surface area contributed by atoms with E-state index in [0.29, 0.717) is 13.2 Å². The Morgan fingerprint density at radius 2 is 1.80 bits per heavy atom. The summed E-state index contributed by atoms with van der Waals surface area (Å²) >= 11 is 0. The van der Waals surface area contributed by atoms with Crippen molar-refractivity contribution in [3.63, 3.8) is 0 Å². The van der Waals surface area contributed by atoms with Crippen LogP contribution >= 0.6 is 0 Å². The van der Waals surface area contributed by atoms with Gasteiger partial charge in [0.25, 0.3) is 0 Å². The normalized spacial score (nSPS) is 16.8. The second kappa shape index (κ2) is 5.87. The maximum atomic E-state index is 5.90. The first kappa shape index (κ1) is 12.9. The van der Waals surface area contributed by atoms with Gasteiger partial charge in [0.15, 0.2) is 11.5 Å². The Bertz CT molecular complexity index is 580. The number of para-hydroxylation sites is 3. The molecular formula is C17H18O3. The number of fused-ring (bicyclic) bond motifs is 1. The Balaban J connectivity index is 1.52. The van der Waals surface area contributed by atoms with Gasteiger partial charge < -0.3 is 14.2 Å². The van der Waals surface area contributed by atoms with Crippen LogP contribution in [0.4, 0.5) is 0 Å². The lowest BCUT2D eigenvalue weighted by atomic mass is 10.2. The van der Waals surface area contributed by atoms with Gasteiger partial charge in [0, 0.05) is 6.42 Å². The van der Waals surface area contributed by atoms with Gasteiger partial charge in [-0.05, 0) is 30.7 Å². The van der Waals surface area contributed by atoms with Crippen molar-refractivity contribution in [1.82, 2.24) is 0 Å².